The number of rotatable bonds is 6. The summed E-state index contributed by atoms with van der Waals surface area (Å²) in [6.07, 6.45) is 4.06. The molecule has 1 fully saturated rings. The summed E-state index contributed by atoms with van der Waals surface area (Å²) >= 11 is 6.19. The van der Waals surface area contributed by atoms with E-state index in [-0.39, 0.29) is 27.8 Å². The second-order valence-electron chi connectivity index (χ2n) is 8.36. The van der Waals surface area contributed by atoms with Crippen LogP contribution in [0.4, 0.5) is 0 Å². The van der Waals surface area contributed by atoms with Crippen LogP contribution < -0.4 is 10.1 Å². The molecular formula is C24H29ClN2O4S. The molecule has 1 saturated heterocycles. The molecule has 4 rings (SSSR count). The van der Waals surface area contributed by atoms with E-state index in [0.717, 1.165) is 19.3 Å². The molecule has 6 nitrogen and oxygen atoms in total. The van der Waals surface area contributed by atoms with Crippen LogP contribution >= 0.6 is 11.6 Å². The number of aryl methyl sites for hydroxylation is 1. The van der Waals surface area contributed by atoms with Gasteiger partial charge in [0.05, 0.1) is 22.6 Å². The zero-order valence-corrected chi connectivity index (χ0v) is 19.8. The average Bonchev–Trinajstić information content (AvgIpc) is 2.81. The molecule has 1 aliphatic carbocycles. The number of amides is 1. The molecule has 32 heavy (non-hydrogen) atoms. The molecule has 1 heterocycles. The van der Waals surface area contributed by atoms with Crippen LogP contribution in [-0.4, -0.2) is 38.3 Å². The van der Waals surface area contributed by atoms with E-state index in [1.165, 1.54) is 27.6 Å². The Kier molecular flexibility index (Phi) is 7.08. The van der Waals surface area contributed by atoms with Crippen LogP contribution in [0.3, 0.4) is 0 Å². The standard InChI is InChI=1S/C24H29ClN2O4S/c1-2-31-23-11-10-19(16-21(23)25)32(29,30)27-14-12-18(13-15-27)24(28)26-22-9-5-7-17-6-3-4-8-20(17)22/h3-4,6,8,10-11,16,18,22H,2,5,7,9,12-15H2,1H3,(H,26,28). The van der Waals surface area contributed by atoms with Gasteiger partial charge in [-0.25, -0.2) is 8.42 Å². The number of nitrogens with one attached hydrogen (secondary N) is 1. The predicted octanol–water partition coefficient (Wildman–Crippen LogP) is 4.33. The average molecular weight is 477 g/mol. The van der Waals surface area contributed by atoms with E-state index in [2.05, 4.69) is 17.4 Å². The quantitative estimate of drug-likeness (QED) is 0.673. The highest BCUT2D eigenvalue weighted by molar-refractivity contribution is 7.89. The van der Waals surface area contributed by atoms with Crippen LogP contribution in [0.25, 0.3) is 0 Å². The van der Waals surface area contributed by atoms with E-state index in [4.69, 9.17) is 16.3 Å². The van der Waals surface area contributed by atoms with Crippen molar-refractivity contribution in [3.8, 4) is 5.75 Å². The Bertz CT molecular complexity index is 1080. The van der Waals surface area contributed by atoms with E-state index < -0.39 is 10.0 Å². The van der Waals surface area contributed by atoms with Gasteiger partial charge >= 0.3 is 0 Å². The first-order chi connectivity index (χ1) is 15.4. The summed E-state index contributed by atoms with van der Waals surface area (Å²) in [5.41, 5.74) is 2.51. The van der Waals surface area contributed by atoms with Gasteiger partial charge < -0.3 is 10.1 Å². The number of fused-ring (bicyclic) bond motifs is 1. The molecule has 1 atom stereocenters. The molecule has 172 valence electrons. The number of nitrogens with zero attached hydrogens (tertiary/aromatic N) is 1. The van der Waals surface area contributed by atoms with Crippen LogP contribution in [0.1, 0.15) is 49.8 Å². The van der Waals surface area contributed by atoms with Gasteiger partial charge in [0.2, 0.25) is 15.9 Å². The number of benzene rings is 2. The molecule has 1 aliphatic heterocycles. The molecule has 2 aliphatic rings. The molecule has 1 unspecified atom stereocenters. The van der Waals surface area contributed by atoms with Crippen molar-refractivity contribution in [1.82, 2.24) is 9.62 Å². The Balaban J connectivity index is 1.38. The fourth-order valence-corrected chi connectivity index (χ4v) is 6.41. The molecule has 0 saturated carbocycles. The van der Waals surface area contributed by atoms with Gasteiger partial charge in [-0.15, -0.1) is 0 Å². The monoisotopic (exact) mass is 476 g/mol. The van der Waals surface area contributed by atoms with Gasteiger partial charge in [0, 0.05) is 19.0 Å². The summed E-state index contributed by atoms with van der Waals surface area (Å²) < 4.78 is 33.0. The minimum Gasteiger partial charge on any atom is -0.492 e. The molecule has 2 aromatic rings. The lowest BCUT2D eigenvalue weighted by Gasteiger charge is -2.32. The topological polar surface area (TPSA) is 75.7 Å². The lowest BCUT2D eigenvalue weighted by molar-refractivity contribution is -0.127. The maximum atomic E-state index is 13.1. The van der Waals surface area contributed by atoms with Crippen LogP contribution in [0.15, 0.2) is 47.4 Å². The number of sulfonamides is 1. The first kappa shape index (κ1) is 23.1. The van der Waals surface area contributed by atoms with Crippen LogP contribution in [-0.2, 0) is 21.2 Å². The van der Waals surface area contributed by atoms with E-state index >= 15 is 0 Å². The maximum Gasteiger partial charge on any atom is 0.243 e. The molecule has 1 N–H and O–H groups in total. The normalized spacial score (nSPS) is 19.9. The van der Waals surface area contributed by atoms with Gasteiger partial charge in [0.15, 0.2) is 0 Å². The van der Waals surface area contributed by atoms with Crippen molar-refractivity contribution in [3.63, 3.8) is 0 Å². The molecule has 0 bridgehead atoms. The fourth-order valence-electron chi connectivity index (χ4n) is 4.62. The Hall–Kier alpha value is -2.09. The van der Waals surface area contributed by atoms with Crippen molar-refractivity contribution in [2.45, 2.75) is 50.0 Å². The van der Waals surface area contributed by atoms with Gasteiger partial charge in [-0.3, -0.25) is 4.79 Å². The number of carbonyl (C=O) groups excluding carboxylic acids is 1. The van der Waals surface area contributed by atoms with Crippen LogP contribution in [0, 0.1) is 5.92 Å². The zero-order valence-electron chi connectivity index (χ0n) is 18.2. The number of hydrogen-bond acceptors (Lipinski definition) is 4. The number of carbonyl (C=O) groups is 1. The number of ether oxygens (including phenoxy) is 1. The smallest absolute Gasteiger partial charge is 0.243 e. The molecule has 1 amide bonds. The number of hydrogen-bond donors (Lipinski definition) is 1. The second kappa shape index (κ2) is 9.81. The van der Waals surface area contributed by atoms with Crippen molar-refractivity contribution >= 4 is 27.5 Å². The Morgan fingerprint density at radius 1 is 1.16 bits per heavy atom. The van der Waals surface area contributed by atoms with Crippen molar-refractivity contribution in [2.75, 3.05) is 19.7 Å². The largest absolute Gasteiger partial charge is 0.492 e. The van der Waals surface area contributed by atoms with Crippen molar-refractivity contribution in [3.05, 3.63) is 58.6 Å². The second-order valence-corrected chi connectivity index (χ2v) is 10.7. The van der Waals surface area contributed by atoms with Gasteiger partial charge in [0.1, 0.15) is 5.75 Å². The zero-order chi connectivity index (χ0) is 22.7. The summed E-state index contributed by atoms with van der Waals surface area (Å²) in [6.45, 7) is 2.92. The molecule has 2 aromatic carbocycles. The van der Waals surface area contributed by atoms with Crippen LogP contribution in [0.2, 0.25) is 5.02 Å². The molecule has 0 aromatic heterocycles. The van der Waals surface area contributed by atoms with Gasteiger partial charge in [-0.05, 0) is 68.4 Å². The highest BCUT2D eigenvalue weighted by Crippen LogP contribution is 2.32. The fraction of sp³-hybridized carbons (Fsp3) is 0.458. The third-order valence-electron chi connectivity index (χ3n) is 6.35. The van der Waals surface area contributed by atoms with E-state index in [0.29, 0.717) is 38.3 Å². The predicted molar refractivity (Wildman–Crippen MR) is 124 cm³/mol. The number of halogens is 1. The molecular weight excluding hydrogens is 448 g/mol. The van der Waals surface area contributed by atoms with E-state index in [1.54, 1.807) is 6.07 Å². The SMILES string of the molecule is CCOc1ccc(S(=O)(=O)N2CCC(C(=O)NC3CCCc4ccccc43)CC2)cc1Cl. The summed E-state index contributed by atoms with van der Waals surface area (Å²) in [5, 5.41) is 3.49. The third kappa shape index (κ3) is 4.80. The Morgan fingerprint density at radius 2 is 1.91 bits per heavy atom. The minimum atomic E-state index is -3.67. The highest BCUT2D eigenvalue weighted by Gasteiger charge is 2.33. The third-order valence-corrected chi connectivity index (χ3v) is 8.54. The summed E-state index contributed by atoms with van der Waals surface area (Å²) in [7, 11) is -3.67. The first-order valence-electron chi connectivity index (χ1n) is 11.2. The summed E-state index contributed by atoms with van der Waals surface area (Å²) in [6, 6.07) is 12.9. The van der Waals surface area contributed by atoms with Gasteiger partial charge in [0.25, 0.3) is 0 Å². The van der Waals surface area contributed by atoms with E-state index in [9.17, 15) is 13.2 Å². The van der Waals surface area contributed by atoms with Crippen LogP contribution in [0.5, 0.6) is 5.75 Å². The first-order valence-corrected chi connectivity index (χ1v) is 13.0. The summed E-state index contributed by atoms with van der Waals surface area (Å²) in [5.74, 6) is 0.306. The molecule has 0 spiro atoms. The lowest BCUT2D eigenvalue weighted by Crippen LogP contribution is -2.44. The summed E-state index contributed by atoms with van der Waals surface area (Å²) in [4.78, 5) is 13.1. The molecule has 0 radical (unpaired) electrons. The minimum absolute atomic E-state index is 0.0212. The van der Waals surface area contributed by atoms with Crippen molar-refractivity contribution in [2.24, 2.45) is 5.92 Å². The number of piperidine rings is 1. The lowest BCUT2D eigenvalue weighted by atomic mass is 9.87. The van der Waals surface area contributed by atoms with Crippen molar-refractivity contribution in [1.29, 1.82) is 0 Å². The van der Waals surface area contributed by atoms with Crippen molar-refractivity contribution < 1.29 is 17.9 Å². The molecule has 8 heteroatoms. The Morgan fingerprint density at radius 3 is 2.62 bits per heavy atom. The highest BCUT2D eigenvalue weighted by atomic mass is 35.5. The maximum absolute atomic E-state index is 13.1. The Labute approximate surface area is 195 Å². The van der Waals surface area contributed by atoms with Gasteiger partial charge in [-0.1, -0.05) is 35.9 Å². The van der Waals surface area contributed by atoms with Gasteiger partial charge in [-0.2, -0.15) is 4.31 Å². The van der Waals surface area contributed by atoms with E-state index in [1.807, 2.05) is 19.1 Å².